The Morgan fingerprint density at radius 1 is 1.31 bits per heavy atom. The van der Waals surface area contributed by atoms with Crippen molar-refractivity contribution in [3.8, 4) is 5.75 Å². The molecule has 1 fully saturated rings. The number of carboxylic acids is 1. The lowest BCUT2D eigenvalue weighted by molar-refractivity contribution is -0.143. The molecule has 0 saturated heterocycles. The maximum absolute atomic E-state index is 11.5. The highest BCUT2D eigenvalue weighted by atomic mass is 16.4. The number of rotatable bonds is 2. The zero-order chi connectivity index (χ0) is 11.8. The van der Waals surface area contributed by atoms with Crippen LogP contribution < -0.4 is 0 Å². The molecule has 2 rings (SSSR count). The smallest absolute Gasteiger partial charge is 0.314 e. The number of phenols is 1. The van der Waals surface area contributed by atoms with Gasteiger partial charge in [-0.2, -0.15) is 0 Å². The van der Waals surface area contributed by atoms with Gasteiger partial charge >= 0.3 is 5.97 Å². The monoisotopic (exact) mass is 220 g/mol. The van der Waals surface area contributed by atoms with Gasteiger partial charge in [0.25, 0.3) is 0 Å². The third-order valence-corrected chi connectivity index (χ3v) is 3.62. The second-order valence-corrected chi connectivity index (χ2v) is 4.60. The molecule has 86 valence electrons. The number of carbonyl (C=O) groups is 1. The highest BCUT2D eigenvalue weighted by Gasteiger charge is 2.42. The summed E-state index contributed by atoms with van der Waals surface area (Å²) in [5, 5.41) is 18.9. The second kappa shape index (κ2) is 3.81. The minimum Gasteiger partial charge on any atom is -0.508 e. The van der Waals surface area contributed by atoms with Crippen molar-refractivity contribution in [3.63, 3.8) is 0 Å². The zero-order valence-electron chi connectivity index (χ0n) is 9.36. The first-order valence-electron chi connectivity index (χ1n) is 5.60. The van der Waals surface area contributed by atoms with E-state index in [2.05, 4.69) is 0 Å². The molecule has 0 heterocycles. The number of aromatic hydroxyl groups is 1. The third-order valence-electron chi connectivity index (χ3n) is 3.62. The van der Waals surface area contributed by atoms with Crippen LogP contribution in [0.3, 0.4) is 0 Å². The van der Waals surface area contributed by atoms with E-state index in [-0.39, 0.29) is 5.75 Å². The predicted molar refractivity (Wildman–Crippen MR) is 60.6 cm³/mol. The van der Waals surface area contributed by atoms with Gasteiger partial charge in [0.2, 0.25) is 0 Å². The molecule has 0 amide bonds. The Labute approximate surface area is 94.7 Å². The van der Waals surface area contributed by atoms with Crippen molar-refractivity contribution in [2.75, 3.05) is 0 Å². The van der Waals surface area contributed by atoms with Gasteiger partial charge in [0.15, 0.2) is 0 Å². The standard InChI is InChI=1S/C13H16O3/c1-9-8-10(4-5-11(9)14)13(12(15)16)6-2-3-7-13/h4-5,8,14H,2-3,6-7H2,1H3,(H,15,16). The lowest BCUT2D eigenvalue weighted by atomic mass is 9.78. The van der Waals surface area contributed by atoms with Crippen LogP contribution in [0.1, 0.15) is 36.8 Å². The van der Waals surface area contributed by atoms with E-state index < -0.39 is 11.4 Å². The summed E-state index contributed by atoms with van der Waals surface area (Å²) in [7, 11) is 0. The normalized spacial score (nSPS) is 18.6. The summed E-state index contributed by atoms with van der Waals surface area (Å²) in [5.41, 5.74) is 0.844. The van der Waals surface area contributed by atoms with E-state index in [1.165, 1.54) is 0 Å². The van der Waals surface area contributed by atoms with Crippen LogP contribution in [0.5, 0.6) is 5.75 Å². The van der Waals surface area contributed by atoms with Crippen molar-refractivity contribution in [1.29, 1.82) is 0 Å². The molecule has 3 heteroatoms. The van der Waals surface area contributed by atoms with Gasteiger partial charge < -0.3 is 10.2 Å². The Kier molecular flexibility index (Phi) is 2.62. The summed E-state index contributed by atoms with van der Waals surface area (Å²) >= 11 is 0. The molecular weight excluding hydrogens is 204 g/mol. The number of hydrogen-bond acceptors (Lipinski definition) is 2. The van der Waals surface area contributed by atoms with Gasteiger partial charge in [0.1, 0.15) is 5.75 Å². The van der Waals surface area contributed by atoms with Crippen molar-refractivity contribution >= 4 is 5.97 Å². The van der Waals surface area contributed by atoms with Gasteiger partial charge in [0.05, 0.1) is 5.41 Å². The number of benzene rings is 1. The highest BCUT2D eigenvalue weighted by Crippen LogP contribution is 2.42. The van der Waals surface area contributed by atoms with Gasteiger partial charge in [-0.1, -0.05) is 25.0 Å². The van der Waals surface area contributed by atoms with E-state index in [4.69, 9.17) is 0 Å². The Morgan fingerprint density at radius 3 is 2.44 bits per heavy atom. The van der Waals surface area contributed by atoms with Gasteiger partial charge in [-0.3, -0.25) is 4.79 Å². The third kappa shape index (κ3) is 1.56. The van der Waals surface area contributed by atoms with Crippen molar-refractivity contribution in [3.05, 3.63) is 29.3 Å². The van der Waals surface area contributed by atoms with E-state index in [9.17, 15) is 15.0 Å². The minimum atomic E-state index is -0.741. The molecule has 0 bridgehead atoms. The summed E-state index contributed by atoms with van der Waals surface area (Å²) in [5.74, 6) is -0.516. The molecule has 1 aromatic rings. The Balaban J connectivity index is 2.47. The van der Waals surface area contributed by atoms with Crippen molar-refractivity contribution < 1.29 is 15.0 Å². The summed E-state index contributed by atoms with van der Waals surface area (Å²) in [4.78, 5) is 11.5. The number of carboxylic acid groups (broad SMARTS) is 1. The lowest BCUT2D eigenvalue weighted by Gasteiger charge is -2.24. The molecule has 3 nitrogen and oxygen atoms in total. The zero-order valence-corrected chi connectivity index (χ0v) is 9.36. The molecule has 1 aliphatic rings. The number of aliphatic carboxylic acids is 1. The summed E-state index contributed by atoms with van der Waals surface area (Å²) in [6.45, 7) is 1.79. The van der Waals surface area contributed by atoms with E-state index >= 15 is 0 Å². The second-order valence-electron chi connectivity index (χ2n) is 4.60. The van der Waals surface area contributed by atoms with Crippen LogP contribution in [0.2, 0.25) is 0 Å². The minimum absolute atomic E-state index is 0.224. The Bertz CT molecular complexity index is 417. The molecule has 16 heavy (non-hydrogen) atoms. The number of hydrogen-bond donors (Lipinski definition) is 2. The van der Waals surface area contributed by atoms with Crippen LogP contribution in [0.25, 0.3) is 0 Å². The van der Waals surface area contributed by atoms with Crippen molar-refractivity contribution in [2.24, 2.45) is 0 Å². The van der Waals surface area contributed by atoms with Gasteiger partial charge in [-0.15, -0.1) is 0 Å². The van der Waals surface area contributed by atoms with E-state index in [1.54, 1.807) is 25.1 Å². The summed E-state index contributed by atoms with van der Waals surface area (Å²) in [6.07, 6.45) is 3.33. The van der Waals surface area contributed by atoms with Crippen LogP contribution in [0.15, 0.2) is 18.2 Å². The molecule has 1 aromatic carbocycles. The SMILES string of the molecule is Cc1cc(C2(C(=O)O)CCCC2)ccc1O. The van der Waals surface area contributed by atoms with Crippen LogP contribution in [0.4, 0.5) is 0 Å². The fourth-order valence-electron chi connectivity index (χ4n) is 2.56. The highest BCUT2D eigenvalue weighted by molar-refractivity contribution is 5.82. The van der Waals surface area contributed by atoms with Gasteiger partial charge in [-0.05, 0) is 37.0 Å². The fourth-order valence-corrected chi connectivity index (χ4v) is 2.56. The molecule has 1 aliphatic carbocycles. The van der Waals surface area contributed by atoms with Crippen LogP contribution >= 0.6 is 0 Å². The lowest BCUT2D eigenvalue weighted by Crippen LogP contribution is -2.32. The Hall–Kier alpha value is -1.51. The quantitative estimate of drug-likeness (QED) is 0.805. The predicted octanol–water partition coefficient (Wildman–Crippen LogP) is 2.60. The van der Waals surface area contributed by atoms with E-state index in [0.29, 0.717) is 12.8 Å². The summed E-state index contributed by atoms with van der Waals surface area (Å²) < 4.78 is 0. The van der Waals surface area contributed by atoms with Crippen molar-refractivity contribution in [1.82, 2.24) is 0 Å². The average molecular weight is 220 g/mol. The topological polar surface area (TPSA) is 57.5 Å². The van der Waals surface area contributed by atoms with Crippen molar-refractivity contribution in [2.45, 2.75) is 38.0 Å². The van der Waals surface area contributed by atoms with E-state index in [1.807, 2.05) is 0 Å². The number of phenolic OH excluding ortho intramolecular Hbond substituents is 1. The maximum atomic E-state index is 11.5. The van der Waals surface area contributed by atoms with Crippen LogP contribution in [-0.4, -0.2) is 16.2 Å². The molecule has 1 saturated carbocycles. The van der Waals surface area contributed by atoms with Crippen LogP contribution in [0, 0.1) is 6.92 Å². The number of aryl methyl sites for hydroxylation is 1. The molecule has 0 aliphatic heterocycles. The maximum Gasteiger partial charge on any atom is 0.314 e. The molecule has 0 spiro atoms. The van der Waals surface area contributed by atoms with Crippen LogP contribution in [-0.2, 0) is 10.2 Å². The first-order chi connectivity index (χ1) is 7.56. The largest absolute Gasteiger partial charge is 0.508 e. The van der Waals surface area contributed by atoms with Gasteiger partial charge in [0, 0.05) is 0 Å². The fraction of sp³-hybridized carbons (Fsp3) is 0.462. The molecule has 0 radical (unpaired) electrons. The molecular formula is C13H16O3. The molecule has 2 N–H and O–H groups in total. The Morgan fingerprint density at radius 2 is 1.94 bits per heavy atom. The molecule has 0 unspecified atom stereocenters. The van der Waals surface area contributed by atoms with Gasteiger partial charge in [-0.25, -0.2) is 0 Å². The molecule has 0 aromatic heterocycles. The summed E-state index contributed by atoms with van der Waals surface area (Å²) in [6, 6.07) is 5.13. The first-order valence-corrected chi connectivity index (χ1v) is 5.60. The van der Waals surface area contributed by atoms with E-state index in [0.717, 1.165) is 24.0 Å². The first kappa shape index (κ1) is 11.0. The average Bonchev–Trinajstić information content (AvgIpc) is 2.72. The molecule has 0 atom stereocenters.